The zero-order valence-corrected chi connectivity index (χ0v) is 25.8. The SMILES string of the molecule is CC/C=C\C/C=C\C/C=C\C/C=C\C/C=C\C/C=C\CCC(=O)OC(CCC1SCCS1)OC(=O)CCCC. The molecule has 1 heterocycles. The summed E-state index contributed by atoms with van der Waals surface area (Å²) >= 11 is 3.86. The van der Waals surface area contributed by atoms with Crippen LogP contribution in [0.2, 0.25) is 0 Å². The minimum atomic E-state index is -0.770. The molecule has 0 spiro atoms. The van der Waals surface area contributed by atoms with Gasteiger partial charge in [0.2, 0.25) is 6.29 Å². The molecule has 0 amide bonds. The van der Waals surface area contributed by atoms with Crippen molar-refractivity contribution in [2.24, 2.45) is 0 Å². The Morgan fingerprint density at radius 3 is 1.64 bits per heavy atom. The molecule has 0 aromatic rings. The second kappa shape index (κ2) is 26.3. The average molecular weight is 575 g/mol. The van der Waals surface area contributed by atoms with Crippen molar-refractivity contribution in [3.05, 3.63) is 72.9 Å². The number of hydrogen-bond acceptors (Lipinski definition) is 6. The highest BCUT2D eigenvalue weighted by atomic mass is 32.2. The predicted octanol–water partition coefficient (Wildman–Crippen LogP) is 9.65. The lowest BCUT2D eigenvalue weighted by Gasteiger charge is -2.19. The van der Waals surface area contributed by atoms with Gasteiger partial charge in [-0.15, -0.1) is 23.5 Å². The smallest absolute Gasteiger partial charge is 0.309 e. The van der Waals surface area contributed by atoms with Gasteiger partial charge in [0.05, 0.1) is 4.58 Å². The molecular formula is C33H50O4S2. The van der Waals surface area contributed by atoms with E-state index in [1.807, 2.05) is 36.5 Å². The first-order chi connectivity index (χ1) is 19.2. The summed E-state index contributed by atoms with van der Waals surface area (Å²) in [5, 5.41) is 0. The van der Waals surface area contributed by atoms with Crippen molar-refractivity contribution in [1.29, 1.82) is 0 Å². The molecule has 4 nitrogen and oxygen atoms in total. The van der Waals surface area contributed by atoms with Gasteiger partial charge >= 0.3 is 11.9 Å². The normalized spacial score (nSPS) is 15.7. The number of thioether (sulfide) groups is 2. The Hall–Kier alpha value is -1.92. The van der Waals surface area contributed by atoms with Crippen molar-refractivity contribution in [1.82, 2.24) is 0 Å². The topological polar surface area (TPSA) is 52.6 Å². The maximum atomic E-state index is 12.3. The van der Waals surface area contributed by atoms with Gasteiger partial charge in [-0.1, -0.05) is 93.2 Å². The van der Waals surface area contributed by atoms with Gasteiger partial charge in [0.1, 0.15) is 0 Å². The molecule has 0 radical (unpaired) electrons. The molecule has 0 aliphatic carbocycles. The van der Waals surface area contributed by atoms with E-state index in [0.717, 1.165) is 69.3 Å². The minimum absolute atomic E-state index is 0.279. The molecule has 1 atom stereocenters. The zero-order valence-electron chi connectivity index (χ0n) is 24.1. The van der Waals surface area contributed by atoms with Gasteiger partial charge in [0, 0.05) is 30.8 Å². The van der Waals surface area contributed by atoms with Gasteiger partial charge in [-0.2, -0.15) is 0 Å². The van der Waals surface area contributed by atoms with Crippen molar-refractivity contribution in [3.8, 4) is 0 Å². The standard InChI is InChI=1S/C33H50O4S2/c1-3-5-7-8-9-10-11-12-13-14-15-16-17-18-19-20-21-22-23-25-31(35)37-32(36-30(34)24-6-4-2)26-27-33-38-28-29-39-33/h5,7,9-10,12-13,15-16,18-19,21-22,32-33H,3-4,6,8,11,14,17,20,23-29H2,1-2H3/b7-5-,10-9-,13-12-,16-15-,19-18-,22-21-. The molecule has 0 N–H and O–H groups in total. The maximum Gasteiger partial charge on any atom is 0.309 e. The molecule has 1 saturated heterocycles. The molecule has 1 fully saturated rings. The summed E-state index contributed by atoms with van der Waals surface area (Å²) in [7, 11) is 0. The highest BCUT2D eigenvalue weighted by molar-refractivity contribution is 8.20. The fourth-order valence-electron chi connectivity index (χ4n) is 3.56. The zero-order chi connectivity index (χ0) is 28.2. The summed E-state index contributed by atoms with van der Waals surface area (Å²) in [6.45, 7) is 4.19. The van der Waals surface area contributed by atoms with E-state index < -0.39 is 6.29 Å². The Bertz CT molecular complexity index is 805. The highest BCUT2D eigenvalue weighted by Gasteiger charge is 2.23. The van der Waals surface area contributed by atoms with Crippen LogP contribution < -0.4 is 0 Å². The molecular weight excluding hydrogens is 524 g/mol. The Labute approximate surface area is 246 Å². The monoisotopic (exact) mass is 574 g/mol. The molecule has 0 bridgehead atoms. The summed E-state index contributed by atoms with van der Waals surface area (Å²) in [5.41, 5.74) is 0. The number of allylic oxidation sites excluding steroid dienone is 12. The van der Waals surface area contributed by atoms with Gasteiger partial charge in [-0.05, 0) is 57.8 Å². The van der Waals surface area contributed by atoms with E-state index in [1.54, 1.807) is 0 Å². The summed E-state index contributed by atoms with van der Waals surface area (Å²) in [6, 6.07) is 0. The second-order valence-corrected chi connectivity index (χ2v) is 12.1. The Morgan fingerprint density at radius 1 is 0.692 bits per heavy atom. The van der Waals surface area contributed by atoms with Gasteiger partial charge in [-0.25, -0.2) is 0 Å². The van der Waals surface area contributed by atoms with Crippen molar-refractivity contribution in [2.45, 2.75) is 108 Å². The summed E-state index contributed by atoms with van der Waals surface area (Å²) in [5.74, 6) is 1.72. The van der Waals surface area contributed by atoms with E-state index in [-0.39, 0.29) is 18.4 Å². The molecule has 0 aromatic carbocycles. The first-order valence-electron chi connectivity index (χ1n) is 14.7. The molecule has 1 aliphatic rings. The number of esters is 2. The number of ether oxygens (including phenoxy) is 2. The lowest BCUT2D eigenvalue weighted by atomic mass is 10.2. The van der Waals surface area contributed by atoms with Crippen LogP contribution in [0.15, 0.2) is 72.9 Å². The number of hydrogen-bond donors (Lipinski definition) is 0. The van der Waals surface area contributed by atoms with E-state index in [2.05, 4.69) is 73.8 Å². The van der Waals surface area contributed by atoms with Crippen LogP contribution in [0, 0.1) is 0 Å². The molecule has 6 heteroatoms. The van der Waals surface area contributed by atoms with Gasteiger partial charge in [0.25, 0.3) is 0 Å². The fourth-order valence-corrected chi connectivity index (χ4v) is 6.42. The largest absolute Gasteiger partial charge is 0.425 e. The van der Waals surface area contributed by atoms with Crippen LogP contribution in [-0.4, -0.2) is 34.3 Å². The summed E-state index contributed by atoms with van der Waals surface area (Å²) in [6.07, 6.45) is 35.5. The van der Waals surface area contributed by atoms with E-state index in [9.17, 15) is 9.59 Å². The molecule has 1 unspecified atom stereocenters. The molecule has 1 rings (SSSR count). The first kappa shape index (κ1) is 35.1. The molecule has 0 aromatic heterocycles. The fraction of sp³-hybridized carbons (Fsp3) is 0.576. The van der Waals surface area contributed by atoms with E-state index in [1.165, 1.54) is 0 Å². The number of carbonyl (C=O) groups excluding carboxylic acids is 2. The Balaban J connectivity index is 2.17. The first-order valence-corrected chi connectivity index (χ1v) is 16.8. The quantitative estimate of drug-likeness (QED) is 0.0729. The van der Waals surface area contributed by atoms with Crippen molar-refractivity contribution < 1.29 is 19.1 Å². The van der Waals surface area contributed by atoms with Gasteiger partial charge in [-0.3, -0.25) is 9.59 Å². The minimum Gasteiger partial charge on any atom is -0.425 e. The van der Waals surface area contributed by atoms with Crippen LogP contribution in [-0.2, 0) is 19.1 Å². The molecule has 0 saturated carbocycles. The van der Waals surface area contributed by atoms with Gasteiger partial charge in [0.15, 0.2) is 0 Å². The van der Waals surface area contributed by atoms with Crippen LogP contribution in [0.3, 0.4) is 0 Å². The van der Waals surface area contributed by atoms with Crippen LogP contribution in [0.4, 0.5) is 0 Å². The third-order valence-electron chi connectivity index (χ3n) is 5.70. The molecule has 39 heavy (non-hydrogen) atoms. The lowest BCUT2D eigenvalue weighted by Crippen LogP contribution is -2.25. The van der Waals surface area contributed by atoms with Crippen LogP contribution in [0.5, 0.6) is 0 Å². The Morgan fingerprint density at radius 2 is 1.15 bits per heavy atom. The van der Waals surface area contributed by atoms with Crippen molar-refractivity contribution in [3.63, 3.8) is 0 Å². The highest BCUT2D eigenvalue weighted by Crippen LogP contribution is 2.35. The third-order valence-corrected chi connectivity index (χ3v) is 8.87. The second-order valence-electron chi connectivity index (χ2n) is 9.22. The van der Waals surface area contributed by atoms with Crippen LogP contribution in [0.25, 0.3) is 0 Å². The number of carbonyl (C=O) groups is 2. The summed E-state index contributed by atoms with van der Waals surface area (Å²) < 4.78 is 11.5. The number of unbranched alkanes of at least 4 members (excludes halogenated alkanes) is 1. The van der Waals surface area contributed by atoms with E-state index in [4.69, 9.17) is 9.47 Å². The summed E-state index contributed by atoms with van der Waals surface area (Å²) in [4.78, 5) is 24.4. The maximum absolute atomic E-state index is 12.3. The average Bonchev–Trinajstić information content (AvgIpc) is 3.45. The van der Waals surface area contributed by atoms with Crippen LogP contribution in [0.1, 0.15) is 97.3 Å². The van der Waals surface area contributed by atoms with Crippen molar-refractivity contribution in [2.75, 3.05) is 11.5 Å². The molecule has 1 aliphatic heterocycles. The Kier molecular flexibility index (Phi) is 23.7. The third kappa shape index (κ3) is 22.6. The lowest BCUT2D eigenvalue weighted by molar-refractivity contribution is -0.189. The van der Waals surface area contributed by atoms with Crippen LogP contribution >= 0.6 is 23.5 Å². The van der Waals surface area contributed by atoms with E-state index in [0.29, 0.717) is 23.8 Å². The van der Waals surface area contributed by atoms with Crippen molar-refractivity contribution >= 4 is 35.5 Å². The predicted molar refractivity (Wildman–Crippen MR) is 171 cm³/mol. The number of rotatable bonds is 22. The molecule has 218 valence electrons. The van der Waals surface area contributed by atoms with E-state index >= 15 is 0 Å². The van der Waals surface area contributed by atoms with Gasteiger partial charge < -0.3 is 9.47 Å².